The van der Waals surface area contributed by atoms with Crippen LogP contribution in [0.2, 0.25) is 0 Å². The van der Waals surface area contributed by atoms with Crippen LogP contribution in [0.3, 0.4) is 0 Å². The number of guanidine groups is 2. The molecular formula is C26H25N5O. The quantitative estimate of drug-likeness (QED) is 0.692. The van der Waals surface area contributed by atoms with Gasteiger partial charge in [-0.2, -0.15) is 4.99 Å². The van der Waals surface area contributed by atoms with Gasteiger partial charge in [0, 0.05) is 0 Å². The lowest BCUT2D eigenvalue weighted by Crippen LogP contribution is -2.58. The van der Waals surface area contributed by atoms with Gasteiger partial charge in [-0.05, 0) is 44.0 Å². The van der Waals surface area contributed by atoms with E-state index < -0.39 is 11.2 Å². The maximum absolute atomic E-state index is 14.6. The molecule has 0 aliphatic carbocycles. The average molecular weight is 424 g/mol. The zero-order valence-electron chi connectivity index (χ0n) is 18.4. The highest BCUT2D eigenvalue weighted by atomic mass is 16.2. The van der Waals surface area contributed by atoms with Crippen molar-refractivity contribution in [2.24, 2.45) is 15.7 Å². The van der Waals surface area contributed by atoms with Gasteiger partial charge in [0.2, 0.25) is 11.9 Å². The summed E-state index contributed by atoms with van der Waals surface area (Å²) >= 11 is 0. The molecule has 0 saturated carbocycles. The van der Waals surface area contributed by atoms with E-state index in [1.165, 1.54) is 0 Å². The molecule has 1 amide bonds. The molecule has 2 aliphatic rings. The molecule has 2 aliphatic heterocycles. The molecule has 2 heterocycles. The fraction of sp³-hybridized carbons (Fsp3) is 0.192. The number of amides is 1. The highest BCUT2D eigenvalue weighted by molar-refractivity contribution is 6.28. The Balaban J connectivity index is 1.87. The Hall–Kier alpha value is -3.93. The molecule has 6 heteroatoms. The molecule has 0 atom stereocenters. The van der Waals surface area contributed by atoms with Gasteiger partial charge in [-0.15, -0.1) is 0 Å². The Kier molecular flexibility index (Phi) is 4.41. The van der Waals surface area contributed by atoms with Gasteiger partial charge in [0.05, 0.1) is 5.69 Å². The van der Waals surface area contributed by atoms with Gasteiger partial charge in [-0.25, -0.2) is 9.89 Å². The van der Waals surface area contributed by atoms with Crippen LogP contribution in [0.15, 0.2) is 94.9 Å². The SMILES string of the molecule is Cc1ccc(N2C(=O)C(c3ccccc3)(c3ccccc3)N3C2=NC(N)=NC3(C)C)cc1. The number of benzene rings is 3. The van der Waals surface area contributed by atoms with E-state index in [2.05, 4.69) is 9.98 Å². The van der Waals surface area contributed by atoms with E-state index >= 15 is 0 Å². The fourth-order valence-electron chi connectivity index (χ4n) is 4.77. The second-order valence-corrected chi connectivity index (χ2v) is 8.63. The van der Waals surface area contributed by atoms with Crippen molar-refractivity contribution in [2.75, 3.05) is 4.90 Å². The first kappa shape index (κ1) is 20.0. The van der Waals surface area contributed by atoms with E-state index in [4.69, 9.17) is 5.73 Å². The largest absolute Gasteiger partial charge is 0.368 e. The summed E-state index contributed by atoms with van der Waals surface area (Å²) in [5.74, 6) is 0.516. The molecule has 3 aromatic rings. The maximum Gasteiger partial charge on any atom is 0.269 e. The van der Waals surface area contributed by atoms with Gasteiger partial charge in [-0.3, -0.25) is 9.69 Å². The van der Waals surface area contributed by atoms with Crippen LogP contribution < -0.4 is 10.6 Å². The lowest BCUT2D eigenvalue weighted by atomic mass is 9.80. The summed E-state index contributed by atoms with van der Waals surface area (Å²) < 4.78 is 0. The Labute approximate surface area is 187 Å². The Morgan fingerprint density at radius 1 is 0.812 bits per heavy atom. The number of carbonyl (C=O) groups is 1. The van der Waals surface area contributed by atoms with Crippen LogP contribution in [-0.2, 0) is 10.3 Å². The number of aliphatic imine (C=N–C) groups is 2. The van der Waals surface area contributed by atoms with Crippen LogP contribution in [0.4, 0.5) is 5.69 Å². The normalized spacial score (nSPS) is 18.8. The molecule has 1 fully saturated rings. The standard InChI is InChI=1S/C26H25N5O/c1-18-14-16-21(17-15-18)30-22(32)26(19-10-6-4-7-11-19,20-12-8-5-9-13-20)31-24(30)28-23(27)29-25(31,2)3/h4-17H,1-3H3,(H2,27,29). The van der Waals surface area contributed by atoms with E-state index in [-0.39, 0.29) is 11.9 Å². The van der Waals surface area contributed by atoms with Crippen molar-refractivity contribution in [1.82, 2.24) is 4.90 Å². The summed E-state index contributed by atoms with van der Waals surface area (Å²) in [5, 5.41) is 0. The number of carbonyl (C=O) groups excluding carboxylic acids is 1. The number of anilines is 1. The third-order valence-corrected chi connectivity index (χ3v) is 6.07. The van der Waals surface area contributed by atoms with Crippen molar-refractivity contribution >= 4 is 23.5 Å². The molecule has 0 radical (unpaired) electrons. The lowest BCUT2D eigenvalue weighted by Gasteiger charge is -2.46. The van der Waals surface area contributed by atoms with E-state index in [9.17, 15) is 4.79 Å². The Morgan fingerprint density at radius 3 is 1.88 bits per heavy atom. The lowest BCUT2D eigenvalue weighted by molar-refractivity contribution is -0.125. The minimum absolute atomic E-state index is 0.115. The van der Waals surface area contributed by atoms with E-state index in [1.807, 2.05) is 111 Å². The minimum Gasteiger partial charge on any atom is -0.368 e. The monoisotopic (exact) mass is 423 g/mol. The van der Waals surface area contributed by atoms with Crippen molar-refractivity contribution in [3.8, 4) is 0 Å². The molecule has 3 aromatic carbocycles. The van der Waals surface area contributed by atoms with Crippen molar-refractivity contribution in [1.29, 1.82) is 0 Å². The molecule has 1 saturated heterocycles. The molecule has 0 spiro atoms. The van der Waals surface area contributed by atoms with Gasteiger partial charge < -0.3 is 5.73 Å². The smallest absolute Gasteiger partial charge is 0.269 e. The molecule has 5 rings (SSSR count). The highest BCUT2D eigenvalue weighted by Crippen LogP contribution is 2.49. The number of aryl methyl sites for hydroxylation is 1. The molecule has 6 nitrogen and oxygen atoms in total. The first-order valence-electron chi connectivity index (χ1n) is 10.6. The van der Waals surface area contributed by atoms with Crippen LogP contribution in [0.25, 0.3) is 0 Å². The topological polar surface area (TPSA) is 74.3 Å². The Morgan fingerprint density at radius 2 is 1.34 bits per heavy atom. The minimum atomic E-state index is -1.15. The average Bonchev–Trinajstić information content (AvgIpc) is 3.05. The summed E-state index contributed by atoms with van der Waals surface area (Å²) in [7, 11) is 0. The Bertz CT molecular complexity index is 1190. The molecule has 160 valence electrons. The maximum atomic E-state index is 14.6. The zero-order chi connectivity index (χ0) is 22.5. The number of hydrogen-bond acceptors (Lipinski definition) is 5. The predicted octanol–water partition coefficient (Wildman–Crippen LogP) is 4.01. The molecule has 32 heavy (non-hydrogen) atoms. The molecule has 0 aromatic heterocycles. The van der Waals surface area contributed by atoms with Crippen molar-refractivity contribution in [3.63, 3.8) is 0 Å². The first-order chi connectivity index (χ1) is 15.4. The van der Waals surface area contributed by atoms with Crippen LogP contribution in [0.1, 0.15) is 30.5 Å². The van der Waals surface area contributed by atoms with Crippen LogP contribution >= 0.6 is 0 Å². The van der Waals surface area contributed by atoms with Gasteiger partial charge in [0.25, 0.3) is 5.91 Å². The van der Waals surface area contributed by atoms with E-state index in [0.717, 1.165) is 22.4 Å². The van der Waals surface area contributed by atoms with Gasteiger partial charge >= 0.3 is 0 Å². The van der Waals surface area contributed by atoms with Crippen LogP contribution in [-0.4, -0.2) is 28.4 Å². The van der Waals surface area contributed by atoms with Crippen molar-refractivity contribution in [2.45, 2.75) is 32.0 Å². The second kappa shape index (κ2) is 7.05. The number of fused-ring (bicyclic) bond motifs is 1. The number of nitrogens with two attached hydrogens (primary N) is 1. The summed E-state index contributed by atoms with van der Waals surface area (Å²) in [5.41, 5.74) is 7.72. The van der Waals surface area contributed by atoms with Gasteiger partial charge in [0.1, 0.15) is 5.66 Å². The molecule has 0 unspecified atom stereocenters. The van der Waals surface area contributed by atoms with Crippen molar-refractivity contribution in [3.05, 3.63) is 102 Å². The second-order valence-electron chi connectivity index (χ2n) is 8.63. The first-order valence-corrected chi connectivity index (χ1v) is 10.6. The van der Waals surface area contributed by atoms with Gasteiger partial charge in [0.15, 0.2) is 5.54 Å². The van der Waals surface area contributed by atoms with Crippen LogP contribution in [0, 0.1) is 6.92 Å². The highest BCUT2D eigenvalue weighted by Gasteiger charge is 2.63. The van der Waals surface area contributed by atoms with E-state index in [1.54, 1.807) is 4.90 Å². The number of rotatable bonds is 3. The summed E-state index contributed by atoms with van der Waals surface area (Å²) in [6, 6.07) is 27.5. The summed E-state index contributed by atoms with van der Waals surface area (Å²) in [6.07, 6.45) is 0. The van der Waals surface area contributed by atoms with E-state index in [0.29, 0.717) is 5.96 Å². The summed E-state index contributed by atoms with van der Waals surface area (Å²) in [4.78, 5) is 27.5. The van der Waals surface area contributed by atoms with Gasteiger partial charge in [-0.1, -0.05) is 78.4 Å². The van der Waals surface area contributed by atoms with Crippen LogP contribution in [0.5, 0.6) is 0 Å². The summed E-state index contributed by atoms with van der Waals surface area (Å²) in [6.45, 7) is 5.94. The van der Waals surface area contributed by atoms with Crippen molar-refractivity contribution < 1.29 is 4.79 Å². The molecular weight excluding hydrogens is 398 g/mol. The number of nitrogens with zero attached hydrogens (tertiary/aromatic N) is 4. The zero-order valence-corrected chi connectivity index (χ0v) is 18.4. The third-order valence-electron chi connectivity index (χ3n) is 6.07. The number of hydrogen-bond donors (Lipinski definition) is 1. The molecule has 2 N–H and O–H groups in total. The third kappa shape index (κ3) is 2.76. The predicted molar refractivity (Wildman–Crippen MR) is 127 cm³/mol. The molecule has 0 bridgehead atoms. The fourth-order valence-corrected chi connectivity index (χ4v) is 4.77.